The van der Waals surface area contributed by atoms with E-state index in [4.69, 9.17) is 5.73 Å². The van der Waals surface area contributed by atoms with E-state index in [1.807, 2.05) is 6.92 Å². The molecule has 1 aromatic carbocycles. The van der Waals surface area contributed by atoms with Gasteiger partial charge in [-0.1, -0.05) is 11.6 Å². The molecule has 0 aliphatic rings. The van der Waals surface area contributed by atoms with E-state index < -0.39 is 0 Å². The minimum absolute atomic E-state index is 0.00915. The van der Waals surface area contributed by atoms with Crippen LogP contribution in [0.4, 0.5) is 0 Å². The van der Waals surface area contributed by atoms with Crippen molar-refractivity contribution in [1.29, 1.82) is 0 Å². The molecule has 1 amide bonds. The fourth-order valence-electron chi connectivity index (χ4n) is 1.11. The van der Waals surface area contributed by atoms with Crippen LogP contribution >= 0.6 is 0 Å². The quantitative estimate of drug-likeness (QED) is 0.651. The lowest BCUT2D eigenvalue weighted by Gasteiger charge is -2.06. The standard InChI is InChI=1S/C10H14N2O2/c1-7-2-3-9(13)8(6-7)10(14)12-5-4-11/h2-3,6,13H,4-5,11H2,1H3,(H,12,14). The third-order valence-electron chi connectivity index (χ3n) is 1.83. The molecule has 0 aliphatic carbocycles. The molecule has 0 fully saturated rings. The molecule has 4 N–H and O–H groups in total. The van der Waals surface area contributed by atoms with Crippen molar-refractivity contribution in [2.24, 2.45) is 5.73 Å². The first-order valence-electron chi connectivity index (χ1n) is 4.43. The summed E-state index contributed by atoms with van der Waals surface area (Å²) >= 11 is 0. The van der Waals surface area contributed by atoms with E-state index in [2.05, 4.69) is 5.32 Å². The van der Waals surface area contributed by atoms with Crippen molar-refractivity contribution in [3.05, 3.63) is 29.3 Å². The van der Waals surface area contributed by atoms with Crippen molar-refractivity contribution in [1.82, 2.24) is 5.32 Å². The van der Waals surface area contributed by atoms with Gasteiger partial charge in [-0.3, -0.25) is 4.79 Å². The minimum atomic E-state index is -0.295. The zero-order chi connectivity index (χ0) is 10.6. The molecule has 1 rings (SSSR count). The average molecular weight is 194 g/mol. The first-order chi connectivity index (χ1) is 6.65. The zero-order valence-corrected chi connectivity index (χ0v) is 8.08. The van der Waals surface area contributed by atoms with Crippen molar-refractivity contribution in [3.63, 3.8) is 0 Å². The maximum Gasteiger partial charge on any atom is 0.255 e. The highest BCUT2D eigenvalue weighted by Gasteiger charge is 2.09. The summed E-state index contributed by atoms with van der Waals surface area (Å²) in [6, 6.07) is 4.89. The maximum absolute atomic E-state index is 11.4. The van der Waals surface area contributed by atoms with E-state index in [1.54, 1.807) is 12.1 Å². The fourth-order valence-corrected chi connectivity index (χ4v) is 1.11. The average Bonchev–Trinajstić information content (AvgIpc) is 2.18. The predicted octanol–water partition coefficient (Wildman–Crippen LogP) is 0.389. The Hall–Kier alpha value is -1.55. The number of hydrogen-bond donors (Lipinski definition) is 3. The third-order valence-corrected chi connectivity index (χ3v) is 1.83. The molecule has 0 radical (unpaired) electrons. The van der Waals surface area contributed by atoms with Gasteiger partial charge in [0, 0.05) is 13.1 Å². The molecular formula is C10H14N2O2. The van der Waals surface area contributed by atoms with E-state index in [1.165, 1.54) is 6.07 Å². The van der Waals surface area contributed by atoms with Crippen molar-refractivity contribution < 1.29 is 9.90 Å². The molecule has 0 saturated carbocycles. The lowest BCUT2D eigenvalue weighted by atomic mass is 10.1. The smallest absolute Gasteiger partial charge is 0.255 e. The van der Waals surface area contributed by atoms with Crippen molar-refractivity contribution >= 4 is 5.91 Å². The van der Waals surface area contributed by atoms with Crippen LogP contribution in [0.2, 0.25) is 0 Å². The molecule has 14 heavy (non-hydrogen) atoms. The summed E-state index contributed by atoms with van der Waals surface area (Å²) in [4.78, 5) is 11.4. The van der Waals surface area contributed by atoms with Crippen LogP contribution in [0, 0.1) is 6.92 Å². The van der Waals surface area contributed by atoms with Crippen molar-refractivity contribution in [2.45, 2.75) is 6.92 Å². The molecule has 0 aromatic heterocycles. The zero-order valence-electron chi connectivity index (χ0n) is 8.08. The number of aromatic hydroxyl groups is 1. The lowest BCUT2D eigenvalue weighted by molar-refractivity contribution is 0.0952. The lowest BCUT2D eigenvalue weighted by Crippen LogP contribution is -2.29. The van der Waals surface area contributed by atoms with Gasteiger partial charge < -0.3 is 16.2 Å². The molecule has 0 unspecified atom stereocenters. The van der Waals surface area contributed by atoms with E-state index in [0.29, 0.717) is 18.7 Å². The summed E-state index contributed by atoms with van der Waals surface area (Å²) in [7, 11) is 0. The summed E-state index contributed by atoms with van der Waals surface area (Å²) in [5.41, 5.74) is 6.47. The van der Waals surface area contributed by atoms with Gasteiger partial charge in [0.05, 0.1) is 5.56 Å². The summed E-state index contributed by atoms with van der Waals surface area (Å²) in [6.45, 7) is 2.66. The molecule has 1 aromatic rings. The molecule has 0 bridgehead atoms. The second-order valence-corrected chi connectivity index (χ2v) is 3.07. The van der Waals surface area contributed by atoms with Gasteiger partial charge in [0.2, 0.25) is 0 Å². The van der Waals surface area contributed by atoms with Crippen LogP contribution in [0.15, 0.2) is 18.2 Å². The number of benzene rings is 1. The largest absolute Gasteiger partial charge is 0.507 e. The Morgan fingerprint density at radius 2 is 2.29 bits per heavy atom. The third kappa shape index (κ3) is 2.47. The van der Waals surface area contributed by atoms with Gasteiger partial charge in [-0.2, -0.15) is 0 Å². The minimum Gasteiger partial charge on any atom is -0.507 e. The Bertz CT molecular complexity index is 337. The van der Waals surface area contributed by atoms with E-state index in [-0.39, 0.29) is 11.7 Å². The number of carbonyl (C=O) groups is 1. The number of rotatable bonds is 3. The second kappa shape index (κ2) is 4.62. The van der Waals surface area contributed by atoms with Gasteiger partial charge >= 0.3 is 0 Å². The first-order valence-corrected chi connectivity index (χ1v) is 4.43. The van der Waals surface area contributed by atoms with E-state index >= 15 is 0 Å². The number of amides is 1. The van der Waals surface area contributed by atoms with Crippen molar-refractivity contribution in [2.75, 3.05) is 13.1 Å². The predicted molar refractivity (Wildman–Crippen MR) is 54.2 cm³/mol. The summed E-state index contributed by atoms with van der Waals surface area (Å²) in [5.74, 6) is -0.304. The first kappa shape index (κ1) is 10.5. The molecule has 4 heteroatoms. The highest BCUT2D eigenvalue weighted by molar-refractivity contribution is 5.96. The Labute approximate surface area is 82.7 Å². The molecular weight excluding hydrogens is 180 g/mol. The second-order valence-electron chi connectivity index (χ2n) is 3.07. The highest BCUT2D eigenvalue weighted by Crippen LogP contribution is 2.17. The van der Waals surface area contributed by atoms with Gasteiger partial charge in [-0.15, -0.1) is 0 Å². The molecule has 76 valence electrons. The Balaban J connectivity index is 2.83. The number of hydrogen-bond acceptors (Lipinski definition) is 3. The van der Waals surface area contributed by atoms with E-state index in [9.17, 15) is 9.90 Å². The number of phenols is 1. The monoisotopic (exact) mass is 194 g/mol. The summed E-state index contributed by atoms with van der Waals surface area (Å²) in [6.07, 6.45) is 0. The molecule has 0 atom stereocenters. The fraction of sp³-hybridized carbons (Fsp3) is 0.300. The highest BCUT2D eigenvalue weighted by atomic mass is 16.3. The van der Waals surface area contributed by atoms with Crippen molar-refractivity contribution in [3.8, 4) is 5.75 Å². The maximum atomic E-state index is 11.4. The number of carbonyl (C=O) groups excluding carboxylic acids is 1. The molecule has 0 aliphatic heterocycles. The van der Waals surface area contributed by atoms with Crippen LogP contribution in [-0.2, 0) is 0 Å². The van der Waals surface area contributed by atoms with E-state index in [0.717, 1.165) is 5.56 Å². The van der Waals surface area contributed by atoms with Gasteiger partial charge in [0.25, 0.3) is 5.91 Å². The summed E-state index contributed by atoms with van der Waals surface area (Å²) < 4.78 is 0. The molecule has 0 spiro atoms. The Kier molecular flexibility index (Phi) is 3.48. The van der Waals surface area contributed by atoms with Crippen LogP contribution in [0.25, 0.3) is 0 Å². The van der Waals surface area contributed by atoms with Crippen LogP contribution in [-0.4, -0.2) is 24.1 Å². The van der Waals surface area contributed by atoms with Gasteiger partial charge in [0.15, 0.2) is 0 Å². The van der Waals surface area contributed by atoms with Crippen LogP contribution in [0.5, 0.6) is 5.75 Å². The van der Waals surface area contributed by atoms with Gasteiger partial charge in [-0.25, -0.2) is 0 Å². The SMILES string of the molecule is Cc1ccc(O)c(C(=O)NCCN)c1. The Morgan fingerprint density at radius 3 is 2.93 bits per heavy atom. The molecule has 4 nitrogen and oxygen atoms in total. The van der Waals surface area contributed by atoms with Crippen LogP contribution < -0.4 is 11.1 Å². The number of phenolic OH excluding ortho intramolecular Hbond substituents is 1. The number of nitrogens with two attached hydrogens (primary N) is 1. The topological polar surface area (TPSA) is 75.3 Å². The normalized spacial score (nSPS) is 9.86. The summed E-state index contributed by atoms with van der Waals surface area (Å²) in [5, 5.41) is 12.0. The van der Waals surface area contributed by atoms with Gasteiger partial charge in [0.1, 0.15) is 5.75 Å². The van der Waals surface area contributed by atoms with Crippen LogP contribution in [0.1, 0.15) is 15.9 Å². The Morgan fingerprint density at radius 1 is 1.57 bits per heavy atom. The van der Waals surface area contributed by atoms with Crippen LogP contribution in [0.3, 0.4) is 0 Å². The van der Waals surface area contributed by atoms with Gasteiger partial charge in [-0.05, 0) is 19.1 Å². The molecule has 0 saturated heterocycles. The molecule has 0 heterocycles. The number of nitrogens with one attached hydrogen (secondary N) is 1. The number of aryl methyl sites for hydroxylation is 1.